The quantitative estimate of drug-likeness (QED) is 0.608. The van der Waals surface area contributed by atoms with Crippen molar-refractivity contribution in [1.29, 1.82) is 0 Å². The number of nitrogens with one attached hydrogen (secondary N) is 1. The van der Waals surface area contributed by atoms with E-state index in [1.54, 1.807) is 0 Å². The zero-order chi connectivity index (χ0) is 11.7. The standard InChI is InChI=1S/C11H11F4N.ClH/c12-6-5-7(13)11(15)9(10(6)14)8-3-1-2-4-16-8;/h5,8,16H,1-4H2;1H/t8-;/m0./s1. The van der Waals surface area contributed by atoms with Crippen molar-refractivity contribution >= 4 is 12.4 Å². The Bertz CT molecular complexity index is 379. The van der Waals surface area contributed by atoms with E-state index >= 15 is 0 Å². The van der Waals surface area contributed by atoms with Crippen LogP contribution in [0.15, 0.2) is 6.07 Å². The summed E-state index contributed by atoms with van der Waals surface area (Å²) >= 11 is 0. The molecule has 1 nitrogen and oxygen atoms in total. The smallest absolute Gasteiger partial charge is 0.166 e. The summed E-state index contributed by atoms with van der Waals surface area (Å²) in [4.78, 5) is 0. The van der Waals surface area contributed by atoms with E-state index < -0.39 is 34.9 Å². The average Bonchev–Trinajstić information content (AvgIpc) is 2.28. The normalized spacial score (nSPS) is 19.9. The number of piperidine rings is 1. The second-order valence-corrected chi connectivity index (χ2v) is 3.88. The van der Waals surface area contributed by atoms with Gasteiger partial charge in [-0.25, -0.2) is 17.6 Å². The van der Waals surface area contributed by atoms with Crippen LogP contribution in [0.2, 0.25) is 0 Å². The Kier molecular flexibility index (Phi) is 4.77. The number of rotatable bonds is 1. The zero-order valence-corrected chi connectivity index (χ0v) is 9.72. The molecule has 1 saturated heterocycles. The first kappa shape index (κ1) is 14.3. The minimum atomic E-state index is -1.35. The molecule has 1 heterocycles. The molecule has 0 radical (unpaired) electrons. The summed E-state index contributed by atoms with van der Waals surface area (Å²) in [5.41, 5.74) is -0.516. The zero-order valence-electron chi connectivity index (χ0n) is 8.90. The van der Waals surface area contributed by atoms with Crippen LogP contribution >= 0.6 is 12.4 Å². The second kappa shape index (κ2) is 5.69. The molecule has 0 saturated carbocycles. The van der Waals surface area contributed by atoms with E-state index in [4.69, 9.17) is 0 Å². The van der Waals surface area contributed by atoms with Gasteiger partial charge in [0.25, 0.3) is 0 Å². The summed E-state index contributed by atoms with van der Waals surface area (Å²) in [5, 5.41) is 2.86. The maximum atomic E-state index is 13.4. The lowest BCUT2D eigenvalue weighted by Crippen LogP contribution is -2.29. The summed E-state index contributed by atoms with van der Waals surface area (Å²) in [7, 11) is 0. The fourth-order valence-electron chi connectivity index (χ4n) is 2.00. The second-order valence-electron chi connectivity index (χ2n) is 3.88. The van der Waals surface area contributed by atoms with Gasteiger partial charge < -0.3 is 5.32 Å². The van der Waals surface area contributed by atoms with Gasteiger partial charge in [0.1, 0.15) is 0 Å². The third-order valence-corrected chi connectivity index (χ3v) is 2.80. The average molecular weight is 270 g/mol. The first-order chi connectivity index (χ1) is 7.61. The first-order valence-electron chi connectivity index (χ1n) is 5.17. The van der Waals surface area contributed by atoms with Crippen LogP contribution < -0.4 is 5.32 Å². The van der Waals surface area contributed by atoms with Gasteiger partial charge in [-0.3, -0.25) is 0 Å². The van der Waals surface area contributed by atoms with E-state index in [1.807, 2.05) is 0 Å². The van der Waals surface area contributed by atoms with Crippen LogP contribution in [0.25, 0.3) is 0 Å². The highest BCUT2D eigenvalue weighted by Crippen LogP contribution is 2.29. The van der Waals surface area contributed by atoms with Gasteiger partial charge in [-0.1, -0.05) is 6.42 Å². The highest BCUT2D eigenvalue weighted by molar-refractivity contribution is 5.85. The van der Waals surface area contributed by atoms with Gasteiger partial charge in [0.2, 0.25) is 0 Å². The minimum absolute atomic E-state index is 0. The molecule has 1 aromatic rings. The predicted octanol–water partition coefficient (Wildman–Crippen LogP) is 3.48. The lowest BCUT2D eigenvalue weighted by atomic mass is 9.96. The lowest BCUT2D eigenvalue weighted by molar-refractivity contribution is 0.363. The highest BCUT2D eigenvalue weighted by Gasteiger charge is 2.26. The molecule has 0 bridgehead atoms. The Morgan fingerprint density at radius 3 is 2.06 bits per heavy atom. The fraction of sp³-hybridized carbons (Fsp3) is 0.455. The van der Waals surface area contributed by atoms with E-state index in [2.05, 4.69) is 5.32 Å². The molecule has 0 spiro atoms. The Hall–Kier alpha value is -0.810. The number of benzene rings is 1. The van der Waals surface area contributed by atoms with Gasteiger partial charge in [0.05, 0.1) is 0 Å². The summed E-state index contributed by atoms with van der Waals surface area (Å²) in [6.45, 7) is 0.599. The molecule has 2 rings (SSSR count). The van der Waals surface area contributed by atoms with Crippen molar-refractivity contribution in [3.8, 4) is 0 Å². The van der Waals surface area contributed by atoms with E-state index in [-0.39, 0.29) is 18.5 Å². The van der Waals surface area contributed by atoms with Gasteiger partial charge in [0, 0.05) is 17.7 Å². The van der Waals surface area contributed by atoms with Crippen molar-refractivity contribution in [3.05, 3.63) is 34.9 Å². The van der Waals surface area contributed by atoms with Crippen LogP contribution in [0.4, 0.5) is 17.6 Å². The van der Waals surface area contributed by atoms with E-state index in [9.17, 15) is 17.6 Å². The molecule has 0 aliphatic carbocycles. The van der Waals surface area contributed by atoms with Crippen LogP contribution in [0.3, 0.4) is 0 Å². The molecule has 1 aliphatic heterocycles. The number of hydrogen-bond donors (Lipinski definition) is 1. The molecular weight excluding hydrogens is 258 g/mol. The predicted molar refractivity (Wildman–Crippen MR) is 58.1 cm³/mol. The van der Waals surface area contributed by atoms with Gasteiger partial charge in [-0.15, -0.1) is 12.4 Å². The molecule has 6 heteroatoms. The molecule has 96 valence electrons. The molecule has 0 aromatic heterocycles. The third kappa shape index (κ3) is 2.72. The molecule has 17 heavy (non-hydrogen) atoms. The van der Waals surface area contributed by atoms with Gasteiger partial charge >= 0.3 is 0 Å². The van der Waals surface area contributed by atoms with Gasteiger partial charge in [-0.2, -0.15) is 0 Å². The Morgan fingerprint density at radius 1 is 1.00 bits per heavy atom. The molecule has 0 unspecified atom stereocenters. The molecular formula is C11H12ClF4N. The highest BCUT2D eigenvalue weighted by atomic mass is 35.5. The molecule has 1 N–H and O–H groups in total. The van der Waals surface area contributed by atoms with E-state index in [0.29, 0.717) is 13.0 Å². The lowest BCUT2D eigenvalue weighted by Gasteiger charge is -2.24. The van der Waals surface area contributed by atoms with Crippen LogP contribution in [-0.4, -0.2) is 6.54 Å². The Morgan fingerprint density at radius 2 is 1.59 bits per heavy atom. The van der Waals surface area contributed by atoms with E-state index in [1.165, 1.54) is 0 Å². The molecule has 1 fully saturated rings. The maximum Gasteiger partial charge on any atom is 0.166 e. The summed E-state index contributed by atoms with van der Waals surface area (Å²) in [6.07, 6.45) is 2.17. The molecule has 1 aliphatic rings. The first-order valence-corrected chi connectivity index (χ1v) is 5.17. The van der Waals surface area contributed by atoms with Gasteiger partial charge in [0.15, 0.2) is 23.3 Å². The van der Waals surface area contributed by atoms with Crippen molar-refractivity contribution < 1.29 is 17.6 Å². The minimum Gasteiger partial charge on any atom is -0.310 e. The Balaban J connectivity index is 0.00000144. The molecule has 0 amide bonds. The number of hydrogen-bond acceptors (Lipinski definition) is 1. The fourth-order valence-corrected chi connectivity index (χ4v) is 2.00. The van der Waals surface area contributed by atoms with Crippen molar-refractivity contribution in [3.63, 3.8) is 0 Å². The van der Waals surface area contributed by atoms with Crippen molar-refractivity contribution in [2.45, 2.75) is 25.3 Å². The topological polar surface area (TPSA) is 12.0 Å². The largest absolute Gasteiger partial charge is 0.310 e. The third-order valence-electron chi connectivity index (χ3n) is 2.80. The Labute approximate surface area is 103 Å². The number of halogens is 5. The molecule has 1 aromatic carbocycles. The monoisotopic (exact) mass is 269 g/mol. The summed E-state index contributed by atoms with van der Waals surface area (Å²) < 4.78 is 52.7. The summed E-state index contributed by atoms with van der Waals surface area (Å²) in [6, 6.07) is -0.407. The molecule has 1 atom stereocenters. The maximum absolute atomic E-state index is 13.4. The van der Waals surface area contributed by atoms with E-state index in [0.717, 1.165) is 12.8 Å². The van der Waals surface area contributed by atoms with Gasteiger partial charge in [-0.05, 0) is 19.4 Å². The van der Waals surface area contributed by atoms with Crippen molar-refractivity contribution in [2.75, 3.05) is 6.54 Å². The van der Waals surface area contributed by atoms with Crippen LogP contribution in [0.5, 0.6) is 0 Å². The summed E-state index contributed by atoms with van der Waals surface area (Å²) in [5.74, 6) is -5.28. The SMILES string of the molecule is Cl.Fc1cc(F)c(F)c([C@@H]2CCCCN2)c1F. The van der Waals surface area contributed by atoms with Crippen molar-refractivity contribution in [2.24, 2.45) is 0 Å². The van der Waals surface area contributed by atoms with Crippen molar-refractivity contribution in [1.82, 2.24) is 5.32 Å². The van der Waals surface area contributed by atoms with Crippen LogP contribution in [-0.2, 0) is 0 Å². The van der Waals surface area contributed by atoms with Crippen LogP contribution in [0.1, 0.15) is 30.9 Å². The van der Waals surface area contributed by atoms with Crippen LogP contribution in [0, 0.1) is 23.3 Å².